The number of fused-ring (bicyclic) bond motifs is 3. The van der Waals surface area contributed by atoms with Gasteiger partial charge < -0.3 is 24.8 Å². The molecule has 12 heteroatoms. The van der Waals surface area contributed by atoms with Gasteiger partial charge in [0.05, 0.1) is 6.54 Å². The van der Waals surface area contributed by atoms with E-state index in [-0.39, 0.29) is 37.9 Å². The van der Waals surface area contributed by atoms with Crippen molar-refractivity contribution in [3.63, 3.8) is 0 Å². The first-order chi connectivity index (χ1) is 25.4. The molecule has 53 heavy (non-hydrogen) atoms. The summed E-state index contributed by atoms with van der Waals surface area (Å²) in [7, 11) is 1.79. The lowest BCUT2D eigenvalue weighted by atomic mass is 9.98. The SMILES string of the molecule is Cn1cc(-c2ccc(NC(=O)[C@@H]3CN(C(=O)OC(C)(C)C)CCN3C(=O)OCC3c4ccccc4-c4ccccc43)cc2)c(-c2cc(Cl)ccc2O)n1. The molecule has 4 aromatic carbocycles. The molecule has 0 bridgehead atoms. The first-order valence-corrected chi connectivity index (χ1v) is 17.8. The Morgan fingerprint density at radius 3 is 2.19 bits per heavy atom. The van der Waals surface area contributed by atoms with Crippen LogP contribution < -0.4 is 5.32 Å². The Bertz CT molecular complexity index is 2150. The molecular formula is C41H40ClN5O6. The highest BCUT2D eigenvalue weighted by atomic mass is 35.5. The molecule has 1 saturated heterocycles. The summed E-state index contributed by atoms with van der Waals surface area (Å²) in [6, 6.07) is 27.0. The minimum Gasteiger partial charge on any atom is -0.507 e. The van der Waals surface area contributed by atoms with E-state index < -0.39 is 29.7 Å². The lowest BCUT2D eigenvalue weighted by Gasteiger charge is -2.40. The van der Waals surface area contributed by atoms with Gasteiger partial charge in [-0.1, -0.05) is 72.3 Å². The van der Waals surface area contributed by atoms with Gasteiger partial charge in [0.1, 0.15) is 29.7 Å². The number of amides is 3. The van der Waals surface area contributed by atoms with Crippen LogP contribution in [-0.4, -0.2) is 80.7 Å². The maximum atomic E-state index is 14.0. The molecule has 0 saturated carbocycles. The van der Waals surface area contributed by atoms with E-state index in [0.29, 0.717) is 22.0 Å². The third kappa shape index (κ3) is 7.43. The van der Waals surface area contributed by atoms with Gasteiger partial charge in [0.15, 0.2) is 0 Å². The molecular weight excluding hydrogens is 694 g/mol. The zero-order valence-electron chi connectivity index (χ0n) is 29.9. The Morgan fingerprint density at radius 1 is 0.868 bits per heavy atom. The zero-order valence-corrected chi connectivity index (χ0v) is 30.6. The quantitative estimate of drug-likeness (QED) is 0.182. The van der Waals surface area contributed by atoms with E-state index in [2.05, 4.69) is 22.5 Å². The number of carbonyl (C=O) groups is 3. The summed E-state index contributed by atoms with van der Waals surface area (Å²) in [4.78, 5) is 43.7. The smallest absolute Gasteiger partial charge is 0.410 e. The molecule has 1 atom stereocenters. The number of anilines is 1. The molecule has 0 radical (unpaired) electrons. The minimum absolute atomic E-state index is 0.0482. The van der Waals surface area contributed by atoms with Crippen LogP contribution in [-0.2, 0) is 21.3 Å². The van der Waals surface area contributed by atoms with Crippen molar-refractivity contribution in [3.05, 3.63) is 113 Å². The van der Waals surface area contributed by atoms with Gasteiger partial charge in [-0.2, -0.15) is 5.10 Å². The number of aromatic nitrogens is 2. The molecule has 7 rings (SSSR count). The average Bonchev–Trinajstić information content (AvgIpc) is 3.68. The van der Waals surface area contributed by atoms with Crippen molar-refractivity contribution in [2.45, 2.75) is 38.3 Å². The number of piperazine rings is 1. The first kappa shape index (κ1) is 35.6. The van der Waals surface area contributed by atoms with Crippen molar-refractivity contribution in [3.8, 4) is 39.3 Å². The number of phenols is 1. The Kier molecular flexibility index (Phi) is 9.61. The van der Waals surface area contributed by atoms with Gasteiger partial charge in [-0.05, 0) is 78.9 Å². The second-order valence-corrected chi connectivity index (χ2v) is 14.7. The van der Waals surface area contributed by atoms with Crippen molar-refractivity contribution in [2.24, 2.45) is 7.05 Å². The van der Waals surface area contributed by atoms with Gasteiger partial charge in [-0.3, -0.25) is 14.4 Å². The third-order valence-corrected chi connectivity index (χ3v) is 9.65. The maximum Gasteiger partial charge on any atom is 0.410 e. The minimum atomic E-state index is -1.05. The normalized spacial score (nSPS) is 15.5. The molecule has 0 spiro atoms. The number of benzene rings is 4. The molecule has 5 aromatic rings. The van der Waals surface area contributed by atoms with E-state index in [1.807, 2.05) is 54.7 Å². The van der Waals surface area contributed by atoms with E-state index in [1.54, 1.807) is 56.8 Å². The summed E-state index contributed by atoms with van der Waals surface area (Å²) in [6.07, 6.45) is 0.632. The summed E-state index contributed by atoms with van der Waals surface area (Å²) in [5.41, 5.74) is 6.72. The Morgan fingerprint density at radius 2 is 1.53 bits per heavy atom. The second kappa shape index (κ2) is 14.3. The fourth-order valence-corrected chi connectivity index (χ4v) is 7.12. The highest BCUT2D eigenvalue weighted by molar-refractivity contribution is 6.31. The predicted molar refractivity (Wildman–Crippen MR) is 203 cm³/mol. The van der Waals surface area contributed by atoms with Crippen LogP contribution in [0.15, 0.2) is 97.2 Å². The van der Waals surface area contributed by atoms with E-state index in [4.69, 9.17) is 21.1 Å². The van der Waals surface area contributed by atoms with Crippen molar-refractivity contribution in [1.29, 1.82) is 0 Å². The van der Waals surface area contributed by atoms with E-state index >= 15 is 0 Å². The van der Waals surface area contributed by atoms with Crippen molar-refractivity contribution >= 4 is 35.4 Å². The number of hydrogen-bond acceptors (Lipinski definition) is 7. The number of hydrogen-bond donors (Lipinski definition) is 2. The summed E-state index contributed by atoms with van der Waals surface area (Å²) in [6.45, 7) is 5.59. The molecule has 2 aliphatic rings. The number of phenolic OH excluding ortho intramolecular Hbond substituents is 1. The highest BCUT2D eigenvalue weighted by Crippen LogP contribution is 2.44. The summed E-state index contributed by atoms with van der Waals surface area (Å²) in [5.74, 6) is -0.583. The Hall–Kier alpha value is -5.81. The monoisotopic (exact) mass is 733 g/mol. The van der Waals surface area contributed by atoms with Crippen LogP contribution >= 0.6 is 11.6 Å². The van der Waals surface area contributed by atoms with Crippen LogP contribution in [0.4, 0.5) is 15.3 Å². The van der Waals surface area contributed by atoms with Gasteiger partial charge in [0, 0.05) is 54.1 Å². The Labute approximate surface area is 312 Å². The zero-order chi connectivity index (χ0) is 37.4. The van der Waals surface area contributed by atoms with Crippen molar-refractivity contribution in [2.75, 3.05) is 31.6 Å². The highest BCUT2D eigenvalue weighted by Gasteiger charge is 2.40. The molecule has 11 nitrogen and oxygen atoms in total. The van der Waals surface area contributed by atoms with Gasteiger partial charge in [-0.25, -0.2) is 9.59 Å². The van der Waals surface area contributed by atoms with Gasteiger partial charge in [0.2, 0.25) is 5.91 Å². The first-order valence-electron chi connectivity index (χ1n) is 17.4. The van der Waals surface area contributed by atoms with Crippen molar-refractivity contribution in [1.82, 2.24) is 19.6 Å². The Balaban J connectivity index is 1.10. The lowest BCUT2D eigenvalue weighted by Crippen LogP contribution is -2.61. The molecule has 0 unspecified atom stereocenters. The van der Waals surface area contributed by atoms with Crippen LogP contribution in [0.2, 0.25) is 5.02 Å². The maximum absolute atomic E-state index is 14.0. The average molecular weight is 734 g/mol. The third-order valence-electron chi connectivity index (χ3n) is 9.41. The van der Waals surface area contributed by atoms with Gasteiger partial charge in [-0.15, -0.1) is 0 Å². The number of carbonyl (C=O) groups excluding carboxylic acids is 3. The van der Waals surface area contributed by atoms with Crippen LogP contribution in [0, 0.1) is 0 Å². The summed E-state index contributed by atoms with van der Waals surface area (Å²) < 4.78 is 13.2. The van der Waals surface area contributed by atoms with Gasteiger partial charge >= 0.3 is 12.2 Å². The topological polar surface area (TPSA) is 126 Å². The fourth-order valence-electron chi connectivity index (χ4n) is 6.95. The number of nitrogens with one attached hydrogen (secondary N) is 1. The molecule has 272 valence electrons. The van der Waals surface area contributed by atoms with Crippen LogP contribution in [0.5, 0.6) is 5.75 Å². The van der Waals surface area contributed by atoms with Gasteiger partial charge in [0.25, 0.3) is 0 Å². The number of rotatable bonds is 6. The molecule has 2 heterocycles. The predicted octanol–water partition coefficient (Wildman–Crippen LogP) is 7.92. The van der Waals surface area contributed by atoms with Crippen LogP contribution in [0.1, 0.15) is 37.8 Å². The summed E-state index contributed by atoms with van der Waals surface area (Å²) in [5, 5.41) is 18.5. The largest absolute Gasteiger partial charge is 0.507 e. The van der Waals surface area contributed by atoms with E-state index in [9.17, 15) is 19.5 Å². The number of aromatic hydroxyl groups is 1. The van der Waals surface area contributed by atoms with Crippen molar-refractivity contribution < 1.29 is 29.0 Å². The van der Waals surface area contributed by atoms with Crippen LogP contribution in [0.3, 0.4) is 0 Å². The van der Waals surface area contributed by atoms with E-state index in [0.717, 1.165) is 33.4 Å². The standard InChI is InChI=1S/C41H40ClN5O6/c1-41(2,3)53-39(50)46-19-20-47(40(51)52-24-34-30-11-7-5-9-28(30)29-10-6-8-12-31(29)34)35(23-46)38(49)43-27-16-13-25(14-17-27)33-22-45(4)44-37(33)32-21-26(42)15-18-36(32)48/h5-18,21-22,34-35,48H,19-20,23-24H2,1-4H3,(H,43,49)/t35-/m0/s1. The molecule has 1 aliphatic heterocycles. The molecule has 1 aromatic heterocycles. The second-order valence-electron chi connectivity index (χ2n) is 14.2. The summed E-state index contributed by atoms with van der Waals surface area (Å²) >= 11 is 6.23. The number of aryl methyl sites for hydroxylation is 1. The van der Waals surface area contributed by atoms with E-state index in [1.165, 1.54) is 15.9 Å². The molecule has 1 fully saturated rings. The molecule has 3 amide bonds. The number of ether oxygens (including phenoxy) is 2. The molecule has 2 N–H and O–H groups in total. The number of nitrogens with zero attached hydrogens (tertiary/aromatic N) is 4. The molecule has 1 aliphatic carbocycles. The fraction of sp³-hybridized carbons (Fsp3) is 0.268. The number of halogens is 1. The lowest BCUT2D eigenvalue weighted by molar-refractivity contribution is -0.122. The van der Waals surface area contributed by atoms with Crippen LogP contribution in [0.25, 0.3) is 33.5 Å².